The van der Waals surface area contributed by atoms with Crippen molar-refractivity contribution in [3.63, 3.8) is 0 Å². The average Bonchev–Trinajstić information content (AvgIpc) is 2.48. The summed E-state index contributed by atoms with van der Waals surface area (Å²) in [7, 11) is 0. The third-order valence-electron chi connectivity index (χ3n) is 3.59. The van der Waals surface area contributed by atoms with Gasteiger partial charge >= 0.3 is 0 Å². The van der Waals surface area contributed by atoms with E-state index < -0.39 is 11.9 Å². The molecule has 6 nitrogen and oxygen atoms in total. The number of halogens is 1. The Balaban J connectivity index is 2.19. The maximum Gasteiger partial charge on any atom is 0.260 e. The fourth-order valence-electron chi connectivity index (χ4n) is 2.49. The van der Waals surface area contributed by atoms with Crippen LogP contribution < -0.4 is 16.2 Å². The van der Waals surface area contributed by atoms with Crippen LogP contribution in [0.5, 0.6) is 0 Å². The molecule has 0 saturated carbocycles. The minimum atomic E-state index is -0.485. The first-order valence-corrected chi connectivity index (χ1v) is 6.88. The third kappa shape index (κ3) is 2.62. The van der Waals surface area contributed by atoms with Crippen LogP contribution >= 0.6 is 0 Å². The van der Waals surface area contributed by atoms with Crippen molar-refractivity contribution in [3.05, 3.63) is 33.9 Å². The Morgan fingerprint density at radius 3 is 2.81 bits per heavy atom. The lowest BCUT2D eigenvalue weighted by Crippen LogP contribution is -2.38. The molecule has 2 heterocycles. The van der Waals surface area contributed by atoms with Crippen LogP contribution in [-0.4, -0.2) is 36.3 Å². The molecule has 3 N–H and O–H groups in total. The molecule has 0 unspecified atom stereocenters. The van der Waals surface area contributed by atoms with Gasteiger partial charge in [0.05, 0.1) is 24.1 Å². The van der Waals surface area contributed by atoms with E-state index in [1.165, 1.54) is 12.1 Å². The average molecular weight is 292 g/mol. The SMILES string of the molecule is C[C@@H](N)c1cc(F)cc2c(=O)[nH]c(N3CCOCC3)nc12. The Morgan fingerprint density at radius 2 is 2.14 bits per heavy atom. The van der Waals surface area contributed by atoms with Crippen molar-refractivity contribution < 1.29 is 9.13 Å². The number of anilines is 1. The first kappa shape index (κ1) is 14.0. The van der Waals surface area contributed by atoms with Gasteiger partial charge in [-0.2, -0.15) is 0 Å². The number of rotatable bonds is 2. The fourth-order valence-corrected chi connectivity index (χ4v) is 2.49. The lowest BCUT2D eigenvalue weighted by molar-refractivity contribution is 0.122. The van der Waals surface area contributed by atoms with Crippen molar-refractivity contribution in [2.24, 2.45) is 5.73 Å². The summed E-state index contributed by atoms with van der Waals surface area (Å²) in [6.07, 6.45) is 0. The minimum absolute atomic E-state index is 0.222. The van der Waals surface area contributed by atoms with E-state index in [1.807, 2.05) is 4.90 Å². The number of hydrogen-bond donors (Lipinski definition) is 2. The molecule has 0 amide bonds. The normalized spacial score (nSPS) is 17.2. The van der Waals surface area contributed by atoms with Gasteiger partial charge in [0.25, 0.3) is 5.56 Å². The van der Waals surface area contributed by atoms with Gasteiger partial charge in [-0.25, -0.2) is 9.37 Å². The summed E-state index contributed by atoms with van der Waals surface area (Å²) >= 11 is 0. The zero-order chi connectivity index (χ0) is 15.0. The largest absolute Gasteiger partial charge is 0.378 e. The van der Waals surface area contributed by atoms with E-state index in [4.69, 9.17) is 10.5 Å². The van der Waals surface area contributed by atoms with Crippen LogP contribution in [0.1, 0.15) is 18.5 Å². The van der Waals surface area contributed by atoms with Gasteiger partial charge in [0.2, 0.25) is 5.95 Å². The number of fused-ring (bicyclic) bond motifs is 1. The summed E-state index contributed by atoms with van der Waals surface area (Å²) in [5.41, 5.74) is 6.50. The molecule has 1 aromatic heterocycles. The molecule has 0 radical (unpaired) electrons. The highest BCUT2D eigenvalue weighted by Gasteiger charge is 2.17. The number of nitrogens with two attached hydrogens (primary N) is 1. The Kier molecular flexibility index (Phi) is 3.60. The molecule has 1 saturated heterocycles. The Bertz CT molecular complexity index is 723. The monoisotopic (exact) mass is 292 g/mol. The van der Waals surface area contributed by atoms with Gasteiger partial charge in [-0.1, -0.05) is 0 Å². The van der Waals surface area contributed by atoms with Gasteiger partial charge in [0.15, 0.2) is 0 Å². The third-order valence-corrected chi connectivity index (χ3v) is 3.59. The quantitative estimate of drug-likeness (QED) is 0.860. The van der Waals surface area contributed by atoms with Gasteiger partial charge in [-0.15, -0.1) is 0 Å². The second kappa shape index (κ2) is 5.42. The summed E-state index contributed by atoms with van der Waals surface area (Å²) < 4.78 is 18.9. The second-order valence-corrected chi connectivity index (χ2v) is 5.17. The van der Waals surface area contributed by atoms with Crippen molar-refractivity contribution in [1.29, 1.82) is 0 Å². The van der Waals surface area contributed by atoms with E-state index in [2.05, 4.69) is 9.97 Å². The first-order chi connectivity index (χ1) is 10.1. The summed E-state index contributed by atoms with van der Waals surface area (Å²) in [5, 5.41) is 0.222. The number of benzene rings is 1. The Morgan fingerprint density at radius 1 is 1.43 bits per heavy atom. The molecule has 2 aromatic rings. The van der Waals surface area contributed by atoms with Gasteiger partial charge in [0.1, 0.15) is 5.82 Å². The minimum Gasteiger partial charge on any atom is -0.378 e. The van der Waals surface area contributed by atoms with Crippen molar-refractivity contribution in [2.75, 3.05) is 31.2 Å². The number of hydrogen-bond acceptors (Lipinski definition) is 5. The van der Waals surface area contributed by atoms with E-state index in [0.717, 1.165) is 0 Å². The summed E-state index contributed by atoms with van der Waals surface area (Å²) in [6.45, 7) is 4.23. The number of morpholine rings is 1. The van der Waals surface area contributed by atoms with Crippen LogP contribution in [0.2, 0.25) is 0 Å². The summed E-state index contributed by atoms with van der Waals surface area (Å²) in [6, 6.07) is 2.12. The molecule has 21 heavy (non-hydrogen) atoms. The topological polar surface area (TPSA) is 84.2 Å². The molecule has 1 aliphatic rings. The highest BCUT2D eigenvalue weighted by atomic mass is 19.1. The van der Waals surface area contributed by atoms with Crippen molar-refractivity contribution in [3.8, 4) is 0 Å². The van der Waals surface area contributed by atoms with E-state index in [1.54, 1.807) is 6.92 Å². The lowest BCUT2D eigenvalue weighted by atomic mass is 10.1. The molecular weight excluding hydrogens is 275 g/mol. The van der Waals surface area contributed by atoms with Crippen LogP contribution in [-0.2, 0) is 4.74 Å². The number of H-pyrrole nitrogens is 1. The lowest BCUT2D eigenvalue weighted by Gasteiger charge is -2.27. The molecule has 0 spiro atoms. The molecular formula is C14H17FN4O2. The number of nitrogens with zero attached hydrogens (tertiary/aromatic N) is 2. The molecule has 112 valence electrons. The van der Waals surface area contributed by atoms with Crippen LogP contribution in [0.15, 0.2) is 16.9 Å². The maximum atomic E-state index is 13.6. The van der Waals surface area contributed by atoms with Crippen LogP contribution in [0, 0.1) is 5.82 Å². The van der Waals surface area contributed by atoms with Crippen LogP contribution in [0.25, 0.3) is 10.9 Å². The van der Waals surface area contributed by atoms with Crippen molar-refractivity contribution in [2.45, 2.75) is 13.0 Å². The molecule has 0 aliphatic carbocycles. The standard InChI is InChI=1S/C14H17FN4O2/c1-8(16)10-6-9(15)7-11-12(10)17-14(18-13(11)20)19-2-4-21-5-3-19/h6-8H,2-5,16H2,1H3,(H,17,18,20)/t8-/m1/s1. The van der Waals surface area contributed by atoms with Crippen LogP contribution in [0.4, 0.5) is 10.3 Å². The van der Waals surface area contributed by atoms with Crippen LogP contribution in [0.3, 0.4) is 0 Å². The second-order valence-electron chi connectivity index (χ2n) is 5.17. The van der Waals surface area contributed by atoms with Gasteiger partial charge in [-0.3, -0.25) is 9.78 Å². The molecule has 1 fully saturated rings. The zero-order valence-corrected chi connectivity index (χ0v) is 11.7. The van der Waals surface area contributed by atoms with E-state index in [0.29, 0.717) is 43.3 Å². The Hall–Kier alpha value is -1.99. The smallest absolute Gasteiger partial charge is 0.260 e. The highest BCUT2D eigenvalue weighted by molar-refractivity contribution is 5.82. The number of aromatic amines is 1. The molecule has 1 aliphatic heterocycles. The maximum absolute atomic E-state index is 13.6. The predicted octanol–water partition coefficient (Wildman–Crippen LogP) is 0.918. The first-order valence-electron chi connectivity index (χ1n) is 6.88. The van der Waals surface area contributed by atoms with Gasteiger partial charge in [-0.05, 0) is 24.6 Å². The Labute approximate surface area is 120 Å². The van der Waals surface area contributed by atoms with E-state index in [9.17, 15) is 9.18 Å². The molecule has 1 aromatic carbocycles. The van der Waals surface area contributed by atoms with Gasteiger partial charge in [0, 0.05) is 19.1 Å². The van der Waals surface area contributed by atoms with E-state index in [-0.39, 0.29) is 10.9 Å². The van der Waals surface area contributed by atoms with E-state index >= 15 is 0 Å². The van der Waals surface area contributed by atoms with Crippen molar-refractivity contribution >= 4 is 16.9 Å². The molecule has 0 bridgehead atoms. The fraction of sp³-hybridized carbons (Fsp3) is 0.429. The number of aromatic nitrogens is 2. The summed E-state index contributed by atoms with van der Waals surface area (Å²) in [4.78, 5) is 21.4. The predicted molar refractivity (Wildman–Crippen MR) is 78.0 cm³/mol. The number of ether oxygens (including phenoxy) is 1. The molecule has 3 rings (SSSR count). The molecule has 1 atom stereocenters. The highest BCUT2D eigenvalue weighted by Crippen LogP contribution is 2.22. The van der Waals surface area contributed by atoms with Gasteiger partial charge < -0.3 is 15.4 Å². The number of nitrogens with one attached hydrogen (secondary N) is 1. The molecule has 7 heteroatoms. The van der Waals surface area contributed by atoms with Crippen molar-refractivity contribution in [1.82, 2.24) is 9.97 Å². The zero-order valence-electron chi connectivity index (χ0n) is 11.7. The summed E-state index contributed by atoms with van der Waals surface area (Å²) in [5.74, 6) is -0.00877.